The molecule has 0 saturated heterocycles. The first kappa shape index (κ1) is 64.1. The Morgan fingerprint density at radius 2 is 0.704 bits per heavy atom. The van der Waals surface area contributed by atoms with Crippen molar-refractivity contribution in [2.75, 3.05) is 41.4 Å². The smallest absolute Gasteiger partial charge is 0.377 e. The zero-order chi connectivity index (χ0) is 45.8. The molecule has 0 aliphatic heterocycles. The molecule has 0 amide bonds. The van der Waals surface area contributed by atoms with Crippen molar-refractivity contribution in [2.45, 2.75) is 73.8 Å². The molecule has 1 N–H and O–H groups in total. The summed E-state index contributed by atoms with van der Waals surface area (Å²) in [5.41, 5.74) is 0. The Labute approximate surface area is 288 Å². The Balaban J connectivity index is -0.000000133. The van der Waals surface area contributed by atoms with E-state index in [0.29, 0.717) is 14.3 Å². The first-order valence-corrected chi connectivity index (χ1v) is 13.1. The molecule has 336 valence electrons. The Hall–Kier alpha value is -1.82. The Kier molecular flexibility index (Phi) is 30.2. The topological polar surface area (TPSA) is 101 Å². The molecule has 54 heavy (non-hydrogen) atoms. The zero-order valence-corrected chi connectivity index (χ0v) is 27.2. The van der Waals surface area contributed by atoms with E-state index in [4.69, 9.17) is 5.11 Å². The lowest BCUT2D eigenvalue weighted by Crippen LogP contribution is -2.44. The highest BCUT2D eigenvalue weighted by molar-refractivity contribution is 7.81. The molecule has 8 nitrogen and oxygen atoms in total. The summed E-state index contributed by atoms with van der Waals surface area (Å²) in [6.07, 6.45) is -60.0. The third-order valence-corrected chi connectivity index (χ3v) is 4.45. The van der Waals surface area contributed by atoms with E-state index in [1.54, 1.807) is 0 Å². The third kappa shape index (κ3) is 33.5. The Morgan fingerprint density at radius 3 is 0.741 bits per heavy atom. The van der Waals surface area contributed by atoms with Gasteiger partial charge in [0.05, 0.1) is 21.4 Å². The molecular formula is C18H21ClF26O8S. The van der Waals surface area contributed by atoms with Gasteiger partial charge in [-0.25, -0.2) is 4.39 Å². The number of hydrogen-bond donors (Lipinski definition) is 1. The summed E-state index contributed by atoms with van der Waals surface area (Å²) in [4.78, 5) is 0. The van der Waals surface area contributed by atoms with E-state index in [2.05, 4.69) is 34.2 Å². The Morgan fingerprint density at radius 1 is 0.481 bits per heavy atom. The number of aliphatic hydroxyl groups excluding tert-OH is 1. The van der Waals surface area contributed by atoms with E-state index < -0.39 is 97.2 Å². The summed E-state index contributed by atoms with van der Waals surface area (Å²) >= 11 is 4.59. The molecule has 0 aliphatic carbocycles. The largest absolute Gasteiger partial charge is 0.423 e. The average Bonchev–Trinajstić information content (AvgIpc) is 2.92. The number of hydrogen-bond acceptors (Lipinski definition) is 8. The van der Waals surface area contributed by atoms with Crippen molar-refractivity contribution in [3.05, 3.63) is 0 Å². The summed E-state index contributed by atoms with van der Waals surface area (Å²) < 4.78 is 329. The van der Waals surface area contributed by atoms with Gasteiger partial charge in [-0.1, -0.05) is 11.6 Å². The van der Waals surface area contributed by atoms with Crippen molar-refractivity contribution in [1.82, 2.24) is 0 Å². The summed E-state index contributed by atoms with van der Waals surface area (Å²) in [5, 5.41) is 7.47. The second-order valence-corrected chi connectivity index (χ2v) is 9.11. The normalized spacial score (nSPS) is 13.4. The van der Waals surface area contributed by atoms with Crippen molar-refractivity contribution in [1.29, 1.82) is 0 Å². The molecule has 0 aromatic heterocycles. The van der Waals surface area contributed by atoms with Crippen LogP contribution in [0, 0.1) is 0 Å². The molecule has 0 saturated carbocycles. The van der Waals surface area contributed by atoms with Crippen LogP contribution in [-0.4, -0.2) is 129 Å². The maximum Gasteiger partial charge on any atom is 0.423 e. The van der Waals surface area contributed by atoms with Gasteiger partial charge >= 0.3 is 59.8 Å². The molecule has 0 bridgehead atoms. The van der Waals surface area contributed by atoms with Crippen LogP contribution < -0.4 is 0 Å². The van der Waals surface area contributed by atoms with Crippen LogP contribution in [0.25, 0.3) is 0 Å². The van der Waals surface area contributed by atoms with Gasteiger partial charge in [0.25, 0.3) is 12.2 Å². The van der Waals surface area contributed by atoms with Crippen LogP contribution in [0.5, 0.6) is 0 Å². The molecule has 0 aromatic rings. The van der Waals surface area contributed by atoms with Crippen LogP contribution in [0.2, 0.25) is 0 Å². The van der Waals surface area contributed by atoms with Gasteiger partial charge in [-0.2, -0.15) is 114 Å². The van der Waals surface area contributed by atoms with Crippen molar-refractivity contribution >= 4 is 22.0 Å². The fourth-order valence-corrected chi connectivity index (χ4v) is 1.84. The van der Waals surface area contributed by atoms with Crippen LogP contribution in [0.4, 0.5) is 114 Å². The fourth-order valence-electron chi connectivity index (χ4n) is 1.58. The summed E-state index contributed by atoms with van der Waals surface area (Å²) in [6, 6.07) is -1.16. The minimum Gasteiger partial charge on any atom is -0.377 e. The van der Waals surface area contributed by atoms with E-state index in [0.717, 1.165) is 14.2 Å². The standard InChI is InChI=1S/C4H3ClF6O.C4H3F7O.C4H4F6O.C3H2F6O.C2H6O4S.CH3F/c2*5-1-12-2(3(6,7)8)4(9,10)11;1-11-2(3(5,6)7)4(8,9)10;4-2(5,6)1(10)3(7,8)9;1-5-7(3,4)6-2;1-2/h2*2H,1H2;2H,1H3;1,10H;1-2H3;1H3. The lowest BCUT2D eigenvalue weighted by molar-refractivity contribution is -0.328. The lowest BCUT2D eigenvalue weighted by atomic mass is 10.3. The number of rotatable bonds is 7. The highest BCUT2D eigenvalue weighted by atomic mass is 35.5. The molecule has 0 aromatic carbocycles. The minimum atomic E-state index is -5.63. The van der Waals surface area contributed by atoms with Crippen molar-refractivity contribution in [3.63, 3.8) is 0 Å². The van der Waals surface area contributed by atoms with Crippen molar-refractivity contribution in [3.8, 4) is 0 Å². The van der Waals surface area contributed by atoms with Crippen LogP contribution in [0.3, 0.4) is 0 Å². The van der Waals surface area contributed by atoms with Crippen molar-refractivity contribution in [2.24, 2.45) is 0 Å². The van der Waals surface area contributed by atoms with E-state index in [-0.39, 0.29) is 0 Å². The molecule has 0 atom stereocenters. The number of halogens is 27. The summed E-state index contributed by atoms with van der Waals surface area (Å²) in [7, 11) is -0.751. The van der Waals surface area contributed by atoms with Crippen LogP contribution in [0.1, 0.15) is 0 Å². The molecule has 0 heterocycles. The van der Waals surface area contributed by atoms with E-state index in [1.165, 1.54) is 0 Å². The van der Waals surface area contributed by atoms with E-state index in [1.807, 2.05) is 0 Å². The van der Waals surface area contributed by atoms with E-state index in [9.17, 15) is 123 Å². The number of methoxy groups -OCH3 is 1. The van der Waals surface area contributed by atoms with Crippen molar-refractivity contribution < 1.29 is 150 Å². The molecule has 36 heteroatoms. The van der Waals surface area contributed by atoms with Gasteiger partial charge in [-0.05, 0) is 0 Å². The quantitative estimate of drug-likeness (QED) is 0.200. The maximum absolute atomic E-state index is 11.5. The van der Waals surface area contributed by atoms with Crippen LogP contribution in [0.15, 0.2) is 0 Å². The molecule has 0 fully saturated rings. The van der Waals surface area contributed by atoms with Gasteiger partial charge in [0.1, 0.15) is 6.07 Å². The molecule has 0 rings (SSSR count). The maximum atomic E-state index is 11.5. The van der Waals surface area contributed by atoms with Gasteiger partial charge in [0.15, 0.2) is 6.86 Å². The lowest BCUT2D eigenvalue weighted by Gasteiger charge is -2.21. The molecular weight excluding hydrogens is 906 g/mol. The number of ether oxygens (including phenoxy) is 3. The van der Waals surface area contributed by atoms with Gasteiger partial charge < -0.3 is 19.3 Å². The van der Waals surface area contributed by atoms with Gasteiger partial charge in [-0.15, -0.1) is 0 Å². The second-order valence-electron chi connectivity index (χ2n) is 7.40. The highest BCUT2D eigenvalue weighted by Crippen LogP contribution is 2.37. The van der Waals surface area contributed by atoms with E-state index >= 15 is 0 Å². The van der Waals surface area contributed by atoms with Crippen LogP contribution >= 0.6 is 11.6 Å². The minimum absolute atomic E-state index is 0.353. The fraction of sp³-hybridized carbons (Fsp3) is 1.00. The molecule has 0 radical (unpaired) electrons. The number of aliphatic hydroxyl groups is 1. The molecule has 0 aliphatic rings. The highest BCUT2D eigenvalue weighted by Gasteiger charge is 2.59. The first-order valence-electron chi connectivity index (χ1n) is 11.2. The van der Waals surface area contributed by atoms with Gasteiger partial charge in [0, 0.05) is 7.11 Å². The first-order chi connectivity index (χ1) is 23.4. The third-order valence-electron chi connectivity index (χ3n) is 3.51. The molecule has 0 unspecified atom stereocenters. The van der Waals surface area contributed by atoms with Gasteiger partial charge in [-0.3, -0.25) is 12.8 Å². The predicted octanol–water partition coefficient (Wildman–Crippen LogP) is 8.82. The average molecular weight is 927 g/mol. The SMILES string of the molecule is CF.COC(C(F)(F)F)C(F)(F)F.COS(=O)(=O)OC.FC(F)(F)C(OCCl)C(F)(F)F.FCOC(C(F)(F)F)C(F)(F)F.OC(C(F)(F)F)C(F)(F)F. The molecule has 0 spiro atoms. The van der Waals surface area contributed by atoms with Crippen LogP contribution in [-0.2, 0) is 33.0 Å². The zero-order valence-electron chi connectivity index (χ0n) is 25.6. The summed E-state index contributed by atoms with van der Waals surface area (Å²) in [6.45, 7) is -2.14. The second kappa shape index (κ2) is 25.4. The van der Waals surface area contributed by atoms with Gasteiger partial charge in [0.2, 0.25) is 12.2 Å². The monoisotopic (exact) mass is 926 g/mol. The Bertz CT molecular complexity index is 930. The summed E-state index contributed by atoms with van der Waals surface area (Å²) in [5.74, 6) is 0. The number of alkyl halides is 27. The predicted molar refractivity (Wildman–Crippen MR) is 122 cm³/mol.